The number of halogens is 3. The number of rotatable bonds is 10. The molecule has 2 N–H and O–H groups in total. The highest BCUT2D eigenvalue weighted by Crippen LogP contribution is 2.31. The van der Waals surface area contributed by atoms with E-state index in [4.69, 9.17) is 14.9 Å². The van der Waals surface area contributed by atoms with Crippen molar-refractivity contribution in [2.75, 3.05) is 6.61 Å². The van der Waals surface area contributed by atoms with E-state index in [1.165, 1.54) is 0 Å². The number of aromatic carboxylic acids is 2. The maximum Gasteiger partial charge on any atom is 0.339 e. The van der Waals surface area contributed by atoms with E-state index >= 15 is 0 Å². The molecule has 0 aromatic heterocycles. The molecule has 0 radical (unpaired) electrons. The lowest BCUT2D eigenvalue weighted by atomic mass is 10.0. The van der Waals surface area contributed by atoms with Crippen molar-refractivity contribution in [2.24, 2.45) is 0 Å². The molecule has 0 aliphatic carbocycles. The molecule has 1 rings (SSSR count). The molecule has 0 saturated heterocycles. The maximum absolute atomic E-state index is 14.1. The van der Waals surface area contributed by atoms with E-state index in [-0.39, 0.29) is 6.61 Å². The minimum Gasteiger partial charge on any atom is -0.488 e. The zero-order valence-electron chi connectivity index (χ0n) is 13.2. The molecule has 134 valence electrons. The monoisotopic (exact) mass is 348 g/mol. The lowest BCUT2D eigenvalue weighted by Crippen LogP contribution is -2.17. The summed E-state index contributed by atoms with van der Waals surface area (Å²) in [6.07, 6.45) is 5.27. The van der Waals surface area contributed by atoms with Crippen LogP contribution in [0.3, 0.4) is 0 Å². The van der Waals surface area contributed by atoms with Crippen LogP contribution in [-0.2, 0) is 0 Å². The highest BCUT2D eigenvalue weighted by atomic mass is 19.2. The molecule has 24 heavy (non-hydrogen) atoms. The minimum absolute atomic E-state index is 0.134. The van der Waals surface area contributed by atoms with Crippen LogP contribution in [0.15, 0.2) is 0 Å². The molecule has 0 bridgehead atoms. The number of carboxylic acid groups (broad SMARTS) is 2. The molecule has 0 unspecified atom stereocenters. The second kappa shape index (κ2) is 9.14. The normalized spacial score (nSPS) is 10.7. The molecule has 0 aliphatic rings. The first-order chi connectivity index (χ1) is 11.3. The third-order valence-corrected chi connectivity index (χ3v) is 3.45. The molecule has 0 fully saturated rings. The van der Waals surface area contributed by atoms with Gasteiger partial charge < -0.3 is 14.9 Å². The van der Waals surface area contributed by atoms with Gasteiger partial charge in [-0.3, -0.25) is 0 Å². The van der Waals surface area contributed by atoms with Gasteiger partial charge in [-0.05, 0) is 6.42 Å². The van der Waals surface area contributed by atoms with Gasteiger partial charge in [0.25, 0.3) is 0 Å². The van der Waals surface area contributed by atoms with Gasteiger partial charge in [-0.2, -0.15) is 4.39 Å². The molecule has 0 saturated carbocycles. The Labute approximate surface area is 137 Å². The van der Waals surface area contributed by atoms with Crippen LogP contribution >= 0.6 is 0 Å². The molecule has 0 atom stereocenters. The summed E-state index contributed by atoms with van der Waals surface area (Å²) in [5.41, 5.74) is -3.02. The van der Waals surface area contributed by atoms with Crippen molar-refractivity contribution in [1.82, 2.24) is 0 Å². The van der Waals surface area contributed by atoms with E-state index in [0.29, 0.717) is 6.42 Å². The molecule has 1 aromatic carbocycles. The lowest BCUT2D eigenvalue weighted by molar-refractivity contribution is 0.0639. The Balaban J connectivity index is 2.92. The fourth-order valence-corrected chi connectivity index (χ4v) is 2.22. The first-order valence-electron chi connectivity index (χ1n) is 7.62. The van der Waals surface area contributed by atoms with Gasteiger partial charge in [0, 0.05) is 0 Å². The van der Waals surface area contributed by atoms with E-state index in [1.807, 2.05) is 0 Å². The van der Waals surface area contributed by atoms with Crippen LogP contribution in [0.5, 0.6) is 5.75 Å². The largest absolute Gasteiger partial charge is 0.488 e. The Morgan fingerprint density at radius 2 is 1.33 bits per heavy atom. The van der Waals surface area contributed by atoms with E-state index in [9.17, 15) is 22.8 Å². The SMILES string of the molecule is CCCCCCCCOc1c(F)c(F)c(C(=O)O)c(C(=O)O)c1F. The first kappa shape index (κ1) is 19.8. The Morgan fingerprint density at radius 1 is 0.833 bits per heavy atom. The zero-order chi connectivity index (χ0) is 18.3. The summed E-state index contributed by atoms with van der Waals surface area (Å²) in [6.45, 7) is 1.93. The van der Waals surface area contributed by atoms with Crippen molar-refractivity contribution in [3.05, 3.63) is 28.6 Å². The zero-order valence-corrected chi connectivity index (χ0v) is 13.2. The fraction of sp³-hybridized carbons (Fsp3) is 0.500. The van der Waals surface area contributed by atoms with Crippen molar-refractivity contribution in [3.8, 4) is 5.75 Å². The van der Waals surface area contributed by atoms with E-state index in [1.54, 1.807) is 0 Å². The predicted octanol–water partition coefficient (Wildman–Crippen LogP) is 4.24. The van der Waals surface area contributed by atoms with E-state index < -0.39 is 46.3 Å². The molecule has 0 aliphatic heterocycles. The molecule has 5 nitrogen and oxygen atoms in total. The van der Waals surface area contributed by atoms with E-state index in [2.05, 4.69) is 6.92 Å². The smallest absolute Gasteiger partial charge is 0.339 e. The molecular weight excluding hydrogens is 329 g/mol. The standard InChI is InChI=1S/C16H19F3O5/c1-2-3-4-5-6-7-8-24-14-12(18)10(16(22)23)9(15(20)21)11(17)13(14)19/h2-8H2,1H3,(H,20,21)(H,22,23). The number of carboxylic acids is 2. The maximum atomic E-state index is 14.1. The quantitative estimate of drug-likeness (QED) is 0.488. The van der Waals surface area contributed by atoms with Gasteiger partial charge >= 0.3 is 11.9 Å². The van der Waals surface area contributed by atoms with Crippen molar-refractivity contribution < 1.29 is 37.7 Å². The number of carbonyl (C=O) groups is 2. The summed E-state index contributed by atoms with van der Waals surface area (Å²) in [4.78, 5) is 21.9. The molecule has 0 heterocycles. The Bertz CT molecular complexity index is 616. The number of ether oxygens (including phenoxy) is 1. The van der Waals surface area contributed by atoms with Gasteiger partial charge in [-0.15, -0.1) is 0 Å². The number of hydrogen-bond donors (Lipinski definition) is 2. The number of benzene rings is 1. The van der Waals surface area contributed by atoms with Crippen LogP contribution in [-0.4, -0.2) is 28.8 Å². The van der Waals surface area contributed by atoms with Gasteiger partial charge in [0.15, 0.2) is 17.4 Å². The Hall–Kier alpha value is -2.25. The van der Waals surface area contributed by atoms with Gasteiger partial charge in [-0.25, -0.2) is 18.4 Å². The topological polar surface area (TPSA) is 83.8 Å². The van der Waals surface area contributed by atoms with Crippen LogP contribution < -0.4 is 4.74 Å². The van der Waals surface area contributed by atoms with Crippen LogP contribution in [0, 0.1) is 17.5 Å². The van der Waals surface area contributed by atoms with Crippen LogP contribution in [0.2, 0.25) is 0 Å². The highest BCUT2D eigenvalue weighted by molar-refractivity contribution is 6.02. The van der Waals surface area contributed by atoms with Crippen molar-refractivity contribution >= 4 is 11.9 Å². The molecule has 1 aromatic rings. The van der Waals surface area contributed by atoms with Crippen LogP contribution in [0.4, 0.5) is 13.2 Å². The summed E-state index contributed by atoms with van der Waals surface area (Å²) in [5.74, 6) is -10.8. The van der Waals surface area contributed by atoms with Crippen LogP contribution in [0.1, 0.15) is 66.2 Å². The minimum atomic E-state index is -2.08. The molecule has 8 heteroatoms. The fourth-order valence-electron chi connectivity index (χ4n) is 2.22. The van der Waals surface area contributed by atoms with Gasteiger partial charge in [0.2, 0.25) is 5.82 Å². The lowest BCUT2D eigenvalue weighted by Gasteiger charge is -2.13. The third kappa shape index (κ3) is 4.62. The predicted molar refractivity (Wildman–Crippen MR) is 79.1 cm³/mol. The second-order valence-corrected chi connectivity index (χ2v) is 5.25. The van der Waals surface area contributed by atoms with E-state index in [0.717, 1.165) is 32.1 Å². The Morgan fingerprint density at radius 3 is 1.88 bits per heavy atom. The molecule has 0 amide bonds. The summed E-state index contributed by atoms with van der Waals surface area (Å²) >= 11 is 0. The van der Waals surface area contributed by atoms with Crippen LogP contribution in [0.25, 0.3) is 0 Å². The Kier molecular flexibility index (Phi) is 7.54. The summed E-state index contributed by atoms with van der Waals surface area (Å²) in [7, 11) is 0. The van der Waals surface area contributed by atoms with Crippen molar-refractivity contribution in [3.63, 3.8) is 0 Å². The van der Waals surface area contributed by atoms with Gasteiger partial charge in [-0.1, -0.05) is 39.0 Å². The second-order valence-electron chi connectivity index (χ2n) is 5.25. The van der Waals surface area contributed by atoms with Crippen molar-refractivity contribution in [2.45, 2.75) is 45.4 Å². The van der Waals surface area contributed by atoms with Gasteiger partial charge in [0.05, 0.1) is 6.61 Å². The average molecular weight is 348 g/mol. The third-order valence-electron chi connectivity index (χ3n) is 3.45. The highest BCUT2D eigenvalue weighted by Gasteiger charge is 2.33. The number of hydrogen-bond acceptors (Lipinski definition) is 3. The summed E-state index contributed by atoms with van der Waals surface area (Å²) in [6, 6.07) is 0. The first-order valence-corrected chi connectivity index (χ1v) is 7.62. The average Bonchev–Trinajstić information content (AvgIpc) is 2.51. The van der Waals surface area contributed by atoms with Crippen molar-refractivity contribution in [1.29, 1.82) is 0 Å². The molecule has 0 spiro atoms. The summed E-state index contributed by atoms with van der Waals surface area (Å²) in [5, 5.41) is 17.7. The number of unbranched alkanes of at least 4 members (excludes halogenated alkanes) is 5. The molecular formula is C16H19F3O5. The van der Waals surface area contributed by atoms with Gasteiger partial charge in [0.1, 0.15) is 11.1 Å². The summed E-state index contributed by atoms with van der Waals surface area (Å²) < 4.78 is 46.5.